The van der Waals surface area contributed by atoms with E-state index in [1.807, 2.05) is 12.1 Å². The summed E-state index contributed by atoms with van der Waals surface area (Å²) in [5.74, 6) is 0.987. The van der Waals surface area contributed by atoms with Crippen LogP contribution in [0.2, 0.25) is 5.02 Å². The molecule has 0 unspecified atom stereocenters. The zero-order valence-electron chi connectivity index (χ0n) is 14.6. The lowest BCUT2D eigenvalue weighted by molar-refractivity contribution is -0.182. The van der Waals surface area contributed by atoms with E-state index >= 15 is 0 Å². The Hall–Kier alpha value is -1.08. The lowest BCUT2D eigenvalue weighted by Crippen LogP contribution is -2.48. The highest BCUT2D eigenvalue weighted by atomic mass is 35.5. The van der Waals surface area contributed by atoms with Crippen molar-refractivity contribution < 1.29 is 4.84 Å². The second-order valence-corrected chi connectivity index (χ2v) is 8.56. The van der Waals surface area contributed by atoms with Gasteiger partial charge < -0.3 is 0 Å². The molecular formula is C19H25ClN2O. The normalized spacial score (nSPS) is 36.5. The van der Waals surface area contributed by atoms with Crippen molar-refractivity contribution in [1.82, 2.24) is 5.06 Å². The van der Waals surface area contributed by atoms with Crippen LogP contribution in [0.25, 0.3) is 0 Å². The number of hydroxylamine groups is 2. The van der Waals surface area contributed by atoms with Crippen molar-refractivity contribution in [1.29, 1.82) is 5.26 Å². The van der Waals surface area contributed by atoms with Gasteiger partial charge in [-0.1, -0.05) is 25.4 Å². The molecule has 4 atom stereocenters. The Morgan fingerprint density at radius 2 is 1.96 bits per heavy atom. The quantitative estimate of drug-likeness (QED) is 0.757. The molecule has 0 bridgehead atoms. The molecule has 124 valence electrons. The molecule has 0 spiro atoms. The summed E-state index contributed by atoms with van der Waals surface area (Å²) in [6.07, 6.45) is 2.12. The highest BCUT2D eigenvalue weighted by Gasteiger charge is 2.55. The summed E-state index contributed by atoms with van der Waals surface area (Å²) in [5.41, 5.74) is 1.68. The fourth-order valence-corrected chi connectivity index (χ4v) is 5.16. The van der Waals surface area contributed by atoms with Gasteiger partial charge in [-0.3, -0.25) is 4.84 Å². The first-order valence-electron chi connectivity index (χ1n) is 8.29. The van der Waals surface area contributed by atoms with E-state index in [4.69, 9.17) is 16.4 Å². The highest BCUT2D eigenvalue weighted by Crippen LogP contribution is 2.53. The third-order valence-electron chi connectivity index (χ3n) is 5.85. The molecule has 0 amide bonds. The van der Waals surface area contributed by atoms with Crippen molar-refractivity contribution >= 4 is 11.6 Å². The molecule has 2 aliphatic rings. The molecule has 0 aromatic heterocycles. The van der Waals surface area contributed by atoms with Gasteiger partial charge in [0.05, 0.1) is 17.2 Å². The van der Waals surface area contributed by atoms with Crippen LogP contribution in [0, 0.1) is 23.2 Å². The summed E-state index contributed by atoms with van der Waals surface area (Å²) in [7, 11) is 2.05. The van der Waals surface area contributed by atoms with E-state index in [1.165, 1.54) is 5.56 Å². The number of benzene rings is 1. The third kappa shape index (κ3) is 2.78. The zero-order valence-corrected chi connectivity index (χ0v) is 15.3. The number of hydrogen-bond acceptors (Lipinski definition) is 3. The fourth-order valence-electron chi connectivity index (χ4n) is 4.92. The van der Waals surface area contributed by atoms with E-state index in [-0.39, 0.29) is 11.0 Å². The first-order chi connectivity index (χ1) is 10.7. The molecular weight excluding hydrogens is 308 g/mol. The molecule has 4 heteroatoms. The van der Waals surface area contributed by atoms with E-state index in [0.29, 0.717) is 28.5 Å². The minimum Gasteiger partial charge on any atom is -0.293 e. The van der Waals surface area contributed by atoms with Crippen molar-refractivity contribution in [2.45, 2.75) is 57.6 Å². The van der Waals surface area contributed by atoms with Crippen LogP contribution in [0.1, 0.15) is 51.7 Å². The number of fused-ring (bicyclic) bond motifs is 1. The number of hydrogen-bond donors (Lipinski definition) is 0. The molecule has 3 rings (SSSR count). The van der Waals surface area contributed by atoms with Gasteiger partial charge in [0.2, 0.25) is 0 Å². The van der Waals surface area contributed by atoms with Crippen molar-refractivity contribution in [2.75, 3.05) is 7.05 Å². The van der Waals surface area contributed by atoms with Gasteiger partial charge in [-0.05, 0) is 61.8 Å². The number of halogens is 1. The molecule has 3 nitrogen and oxygen atoms in total. The SMILES string of the molecule is C[C@H]1C[C@@](C)(c2cc(Cl)cc(C#N)c2)C[C@@H]2[C@@H]1N(C)OC2(C)C. The van der Waals surface area contributed by atoms with Gasteiger partial charge in [0, 0.05) is 24.0 Å². The molecule has 2 fully saturated rings. The largest absolute Gasteiger partial charge is 0.293 e. The highest BCUT2D eigenvalue weighted by molar-refractivity contribution is 6.30. The minimum absolute atomic E-state index is 0.0168. The summed E-state index contributed by atoms with van der Waals surface area (Å²) in [4.78, 5) is 6.12. The average Bonchev–Trinajstić information content (AvgIpc) is 2.67. The van der Waals surface area contributed by atoms with E-state index < -0.39 is 0 Å². The first kappa shape index (κ1) is 16.8. The monoisotopic (exact) mass is 332 g/mol. The van der Waals surface area contributed by atoms with Gasteiger partial charge in [-0.25, -0.2) is 0 Å². The molecule has 1 aliphatic carbocycles. The Bertz CT molecular complexity index is 666. The Balaban J connectivity index is 2.01. The van der Waals surface area contributed by atoms with Gasteiger partial charge in [0.1, 0.15) is 0 Å². The number of nitrogens with zero attached hydrogens (tertiary/aromatic N) is 2. The molecule has 1 saturated carbocycles. The maximum atomic E-state index is 9.25. The predicted octanol–water partition coefficient (Wildman–Crippen LogP) is 4.54. The Kier molecular flexibility index (Phi) is 3.99. The molecule has 1 aromatic carbocycles. The van der Waals surface area contributed by atoms with Gasteiger partial charge in [0.25, 0.3) is 0 Å². The Morgan fingerprint density at radius 3 is 2.61 bits per heavy atom. The average molecular weight is 333 g/mol. The third-order valence-corrected chi connectivity index (χ3v) is 6.07. The van der Waals surface area contributed by atoms with E-state index in [1.54, 1.807) is 6.07 Å². The lowest BCUT2D eigenvalue weighted by atomic mass is 9.59. The van der Waals surface area contributed by atoms with Crippen molar-refractivity contribution in [3.8, 4) is 6.07 Å². The number of nitriles is 1. The van der Waals surface area contributed by atoms with Crippen LogP contribution in [-0.4, -0.2) is 23.8 Å². The maximum Gasteiger partial charge on any atom is 0.0992 e. The predicted molar refractivity (Wildman–Crippen MR) is 92.1 cm³/mol. The summed E-state index contributed by atoms with van der Waals surface area (Å²) in [5, 5.41) is 12.0. The lowest BCUT2D eigenvalue weighted by Gasteiger charge is -2.46. The van der Waals surface area contributed by atoms with Crippen LogP contribution in [0.3, 0.4) is 0 Å². The topological polar surface area (TPSA) is 36.3 Å². The van der Waals surface area contributed by atoms with Crippen LogP contribution in [0.4, 0.5) is 0 Å². The second kappa shape index (κ2) is 5.48. The van der Waals surface area contributed by atoms with Crippen LogP contribution in [0.15, 0.2) is 18.2 Å². The van der Waals surface area contributed by atoms with Crippen molar-refractivity contribution in [2.24, 2.45) is 11.8 Å². The standard InChI is InChI=1S/C19H25ClN2O/c1-12-9-19(4,14-6-13(11-21)7-15(20)8-14)10-16-17(12)22(5)23-18(16,2)3/h6-8,12,16-17H,9-10H2,1-5H3/t12-,16+,17+,19+/m0/s1. The Morgan fingerprint density at radius 1 is 1.26 bits per heavy atom. The maximum absolute atomic E-state index is 9.25. The van der Waals surface area contributed by atoms with Crippen LogP contribution >= 0.6 is 11.6 Å². The minimum atomic E-state index is -0.161. The van der Waals surface area contributed by atoms with Crippen LogP contribution < -0.4 is 0 Å². The summed E-state index contributed by atoms with van der Waals surface area (Å²) in [6.45, 7) is 8.99. The van der Waals surface area contributed by atoms with Crippen LogP contribution in [0.5, 0.6) is 0 Å². The second-order valence-electron chi connectivity index (χ2n) is 8.12. The molecule has 0 radical (unpaired) electrons. The first-order valence-corrected chi connectivity index (χ1v) is 8.67. The smallest absolute Gasteiger partial charge is 0.0992 e. The summed E-state index contributed by atoms with van der Waals surface area (Å²) < 4.78 is 0. The molecule has 0 N–H and O–H groups in total. The van der Waals surface area contributed by atoms with Crippen molar-refractivity contribution in [3.63, 3.8) is 0 Å². The molecule has 1 aromatic rings. The van der Waals surface area contributed by atoms with Gasteiger partial charge in [-0.15, -0.1) is 0 Å². The van der Waals surface area contributed by atoms with E-state index in [2.05, 4.69) is 45.9 Å². The van der Waals surface area contributed by atoms with Gasteiger partial charge in [-0.2, -0.15) is 10.3 Å². The summed E-state index contributed by atoms with van der Waals surface area (Å²) in [6, 6.07) is 8.45. The van der Waals surface area contributed by atoms with Crippen molar-refractivity contribution in [3.05, 3.63) is 34.3 Å². The molecule has 23 heavy (non-hydrogen) atoms. The van der Waals surface area contributed by atoms with Crippen LogP contribution in [-0.2, 0) is 10.3 Å². The fraction of sp³-hybridized carbons (Fsp3) is 0.632. The molecule has 1 saturated heterocycles. The molecule has 1 aliphatic heterocycles. The van der Waals surface area contributed by atoms with E-state index in [0.717, 1.165) is 12.8 Å². The summed E-state index contributed by atoms with van der Waals surface area (Å²) >= 11 is 6.25. The zero-order chi connectivity index (χ0) is 17.0. The van der Waals surface area contributed by atoms with E-state index in [9.17, 15) is 5.26 Å². The Labute approximate surface area is 144 Å². The van der Waals surface area contributed by atoms with Gasteiger partial charge in [0.15, 0.2) is 0 Å². The van der Waals surface area contributed by atoms with Gasteiger partial charge >= 0.3 is 0 Å². The number of rotatable bonds is 1. The molecule has 1 heterocycles.